The number of benzene rings is 2. The molecular weight excluding hydrogens is 368 g/mol. The van der Waals surface area contributed by atoms with E-state index in [0.29, 0.717) is 22.6 Å². The Bertz CT molecular complexity index is 828. The molecule has 0 aliphatic rings. The molecule has 0 heterocycles. The van der Waals surface area contributed by atoms with Gasteiger partial charge in [0.15, 0.2) is 28.8 Å². The van der Waals surface area contributed by atoms with Gasteiger partial charge in [0.25, 0.3) is 0 Å². The lowest BCUT2D eigenvalue weighted by Crippen LogP contribution is -2.05. The molecular formula is C20H20O6S. The Labute approximate surface area is 159 Å². The maximum absolute atomic E-state index is 12.0. The van der Waals surface area contributed by atoms with Gasteiger partial charge in [-0.05, 0) is 47.5 Å². The first-order valence-corrected chi connectivity index (χ1v) is 9.31. The zero-order valence-electron chi connectivity index (χ0n) is 14.9. The first kappa shape index (κ1) is 20.3. The first-order chi connectivity index (χ1) is 12.9. The minimum Gasteiger partial charge on any atom is -0.504 e. The molecule has 142 valence electrons. The van der Waals surface area contributed by atoms with E-state index in [2.05, 4.69) is 0 Å². The summed E-state index contributed by atoms with van der Waals surface area (Å²) in [6.45, 7) is 0. The van der Waals surface area contributed by atoms with Crippen molar-refractivity contribution in [2.24, 2.45) is 0 Å². The van der Waals surface area contributed by atoms with E-state index in [1.165, 1.54) is 37.8 Å². The quantitative estimate of drug-likeness (QED) is 0.675. The average Bonchev–Trinajstić information content (AvgIpc) is 2.66. The van der Waals surface area contributed by atoms with Crippen molar-refractivity contribution in [2.75, 3.05) is 20.0 Å². The van der Waals surface area contributed by atoms with Gasteiger partial charge in [-0.3, -0.25) is 9.00 Å². The number of allylic oxidation sites excluding steroid dienone is 1. The predicted molar refractivity (Wildman–Crippen MR) is 105 cm³/mol. The minimum absolute atomic E-state index is 0.0121. The van der Waals surface area contributed by atoms with E-state index in [1.807, 2.05) is 0 Å². The van der Waals surface area contributed by atoms with Crippen LogP contribution in [0.15, 0.2) is 47.9 Å². The van der Waals surface area contributed by atoms with E-state index < -0.39 is 10.8 Å². The predicted octanol–water partition coefficient (Wildman–Crippen LogP) is 3.12. The van der Waals surface area contributed by atoms with Crippen molar-refractivity contribution in [1.29, 1.82) is 0 Å². The molecule has 0 amide bonds. The highest BCUT2D eigenvalue weighted by atomic mass is 32.2. The van der Waals surface area contributed by atoms with Crippen LogP contribution in [0.1, 0.15) is 11.1 Å². The fourth-order valence-corrected chi connectivity index (χ4v) is 2.96. The van der Waals surface area contributed by atoms with Crippen LogP contribution in [-0.4, -0.2) is 40.2 Å². The minimum atomic E-state index is -1.48. The number of methoxy groups -OCH3 is 2. The molecule has 0 aliphatic heterocycles. The van der Waals surface area contributed by atoms with Gasteiger partial charge in [-0.2, -0.15) is 0 Å². The van der Waals surface area contributed by atoms with Crippen molar-refractivity contribution in [1.82, 2.24) is 0 Å². The Hall–Kier alpha value is -3.06. The molecule has 27 heavy (non-hydrogen) atoms. The molecule has 2 rings (SSSR count). The highest BCUT2D eigenvalue weighted by Crippen LogP contribution is 2.27. The molecule has 2 N–H and O–H groups in total. The first-order valence-electron chi connectivity index (χ1n) is 7.93. The smallest absolute Gasteiger partial charge is 0.168 e. The van der Waals surface area contributed by atoms with E-state index >= 15 is 0 Å². The summed E-state index contributed by atoms with van der Waals surface area (Å²) in [4.78, 5) is 12.0. The van der Waals surface area contributed by atoms with Gasteiger partial charge in [0.1, 0.15) is 0 Å². The topological polar surface area (TPSA) is 93.1 Å². The summed E-state index contributed by atoms with van der Waals surface area (Å²) in [5.74, 6) is 0.192. The van der Waals surface area contributed by atoms with Crippen LogP contribution in [0.5, 0.6) is 23.0 Å². The highest BCUT2D eigenvalue weighted by molar-refractivity contribution is 7.88. The van der Waals surface area contributed by atoms with Crippen molar-refractivity contribution in [3.63, 3.8) is 0 Å². The molecule has 0 radical (unpaired) electrons. The van der Waals surface area contributed by atoms with Crippen LogP contribution in [0.3, 0.4) is 0 Å². The number of hydrogen-bond acceptors (Lipinski definition) is 6. The van der Waals surface area contributed by atoms with Gasteiger partial charge in [-0.1, -0.05) is 18.2 Å². The summed E-state index contributed by atoms with van der Waals surface area (Å²) < 4.78 is 22.1. The molecule has 0 spiro atoms. The lowest BCUT2D eigenvalue weighted by Gasteiger charge is -2.03. The van der Waals surface area contributed by atoms with Crippen LogP contribution in [0.25, 0.3) is 12.2 Å². The van der Waals surface area contributed by atoms with Crippen molar-refractivity contribution in [2.45, 2.75) is 0 Å². The molecule has 2 aromatic rings. The number of phenols is 2. The maximum atomic E-state index is 12.0. The molecule has 7 heteroatoms. The van der Waals surface area contributed by atoms with Crippen molar-refractivity contribution in [3.8, 4) is 23.0 Å². The zero-order chi connectivity index (χ0) is 19.8. The second-order valence-corrected chi connectivity index (χ2v) is 6.81. The van der Waals surface area contributed by atoms with E-state index in [9.17, 15) is 19.2 Å². The van der Waals surface area contributed by atoms with Gasteiger partial charge < -0.3 is 19.7 Å². The standard InChI is InChI=1S/C20H20O6S/c1-25-19-11-14(4-7-17(19)22)3-6-16(21)13-27(24)10-9-15-5-8-18(23)20(12-15)26-2/h3-12,22-23H,13H2,1-2H3/b6-3+,10-9-. The van der Waals surface area contributed by atoms with E-state index in [0.717, 1.165) is 0 Å². The van der Waals surface area contributed by atoms with E-state index in [1.54, 1.807) is 36.4 Å². The second-order valence-electron chi connectivity index (χ2n) is 5.49. The summed E-state index contributed by atoms with van der Waals surface area (Å²) in [5.41, 5.74) is 1.37. The number of rotatable bonds is 8. The number of ether oxygens (including phenoxy) is 2. The molecule has 0 saturated carbocycles. The third kappa shape index (κ3) is 6.00. The number of ketones is 1. The molecule has 0 fully saturated rings. The SMILES string of the molecule is COc1cc(/C=C\S(=O)CC(=O)/C=C/c2ccc(O)c(OC)c2)ccc1O. The number of carbonyl (C=O) groups excluding carboxylic acids is 1. The lowest BCUT2D eigenvalue weighted by atomic mass is 10.2. The van der Waals surface area contributed by atoms with E-state index in [4.69, 9.17) is 9.47 Å². The third-order valence-corrected chi connectivity index (χ3v) is 4.57. The number of hydrogen-bond donors (Lipinski definition) is 2. The normalized spacial score (nSPS) is 12.4. The van der Waals surface area contributed by atoms with Crippen LogP contribution < -0.4 is 9.47 Å². The largest absolute Gasteiger partial charge is 0.504 e. The average molecular weight is 388 g/mol. The Morgan fingerprint density at radius 2 is 1.48 bits per heavy atom. The van der Waals surface area contributed by atoms with Gasteiger partial charge in [-0.25, -0.2) is 0 Å². The molecule has 2 aromatic carbocycles. The van der Waals surface area contributed by atoms with Crippen LogP contribution in [0.2, 0.25) is 0 Å². The highest BCUT2D eigenvalue weighted by Gasteiger charge is 2.05. The van der Waals surface area contributed by atoms with Crippen LogP contribution in [-0.2, 0) is 15.6 Å². The van der Waals surface area contributed by atoms with Crippen molar-refractivity contribution < 1.29 is 28.7 Å². The Kier molecular flexibility index (Phi) is 7.19. The van der Waals surface area contributed by atoms with Crippen LogP contribution >= 0.6 is 0 Å². The monoisotopic (exact) mass is 388 g/mol. The summed E-state index contributed by atoms with van der Waals surface area (Å²) in [7, 11) is 1.40. The molecule has 0 bridgehead atoms. The number of carbonyl (C=O) groups is 1. The van der Waals surface area contributed by atoms with Gasteiger partial charge in [0.05, 0.1) is 30.8 Å². The number of phenolic OH excluding ortho intramolecular Hbond substituents is 2. The third-order valence-electron chi connectivity index (χ3n) is 3.57. The van der Waals surface area contributed by atoms with E-state index in [-0.39, 0.29) is 23.0 Å². The fourth-order valence-electron chi connectivity index (χ4n) is 2.18. The fraction of sp³-hybridized carbons (Fsp3) is 0.150. The zero-order valence-corrected chi connectivity index (χ0v) is 15.7. The second kappa shape index (κ2) is 9.59. The Morgan fingerprint density at radius 1 is 0.963 bits per heavy atom. The summed E-state index contributed by atoms with van der Waals surface area (Å²) in [6.07, 6.45) is 4.50. The van der Waals surface area contributed by atoms with Crippen molar-refractivity contribution >= 4 is 28.7 Å². The molecule has 0 aliphatic carbocycles. The van der Waals surface area contributed by atoms with Gasteiger partial charge in [0, 0.05) is 5.41 Å². The molecule has 0 aromatic heterocycles. The molecule has 0 saturated heterocycles. The van der Waals surface area contributed by atoms with Gasteiger partial charge in [0.2, 0.25) is 0 Å². The summed E-state index contributed by atoms with van der Waals surface area (Å²) >= 11 is 0. The van der Waals surface area contributed by atoms with Crippen LogP contribution in [0, 0.1) is 0 Å². The molecule has 1 unspecified atom stereocenters. The maximum Gasteiger partial charge on any atom is 0.168 e. The number of aromatic hydroxyl groups is 2. The van der Waals surface area contributed by atoms with Crippen LogP contribution in [0.4, 0.5) is 0 Å². The molecule has 6 nitrogen and oxygen atoms in total. The van der Waals surface area contributed by atoms with Gasteiger partial charge in [-0.15, -0.1) is 0 Å². The summed E-state index contributed by atoms with van der Waals surface area (Å²) in [5, 5.41) is 20.5. The van der Waals surface area contributed by atoms with Crippen molar-refractivity contribution in [3.05, 3.63) is 59.0 Å². The Morgan fingerprint density at radius 3 is 2.00 bits per heavy atom. The Balaban J connectivity index is 1.96. The lowest BCUT2D eigenvalue weighted by molar-refractivity contribution is -0.112. The summed E-state index contributed by atoms with van der Waals surface area (Å²) in [6, 6.07) is 9.41. The molecule has 1 atom stereocenters. The van der Waals surface area contributed by atoms with Gasteiger partial charge >= 0.3 is 0 Å².